The van der Waals surface area contributed by atoms with Crippen molar-refractivity contribution in [1.29, 1.82) is 0 Å². The first-order chi connectivity index (χ1) is 12.8. The maximum atomic E-state index is 12.4. The van der Waals surface area contributed by atoms with Crippen LogP contribution >= 0.6 is 27.5 Å². The fraction of sp³-hybridized carbons (Fsp3) is 0.111. The number of hydrogen-bond acceptors (Lipinski definition) is 4. The smallest absolute Gasteiger partial charge is 0.273 e. The second kappa shape index (κ2) is 7.89. The molecule has 7 nitrogen and oxygen atoms in total. The van der Waals surface area contributed by atoms with E-state index in [1.54, 1.807) is 23.9 Å². The van der Waals surface area contributed by atoms with E-state index < -0.39 is 10.8 Å². The lowest BCUT2D eigenvalue weighted by Crippen LogP contribution is -2.13. The minimum absolute atomic E-state index is 0.106. The molecule has 0 aliphatic rings. The van der Waals surface area contributed by atoms with Crippen molar-refractivity contribution in [2.75, 3.05) is 5.32 Å². The Kier molecular flexibility index (Phi) is 5.57. The highest BCUT2D eigenvalue weighted by Crippen LogP contribution is 2.24. The SMILES string of the molecule is Cc1ccc(C(=O)Nc2nn(Cc3ccccc3Cl)cc2Br)cc1[N+](=O)[O-]. The van der Waals surface area contributed by atoms with Crippen molar-refractivity contribution in [3.05, 3.63) is 85.0 Å². The lowest BCUT2D eigenvalue weighted by atomic mass is 10.1. The number of nitrogens with one attached hydrogen (secondary N) is 1. The molecule has 0 unspecified atom stereocenters. The Labute approximate surface area is 168 Å². The number of rotatable bonds is 5. The summed E-state index contributed by atoms with van der Waals surface area (Å²) in [5.41, 5.74) is 1.45. The second-order valence-corrected chi connectivity index (χ2v) is 7.09. The molecular formula is C18H14BrClN4O3. The van der Waals surface area contributed by atoms with Gasteiger partial charge in [0.15, 0.2) is 5.82 Å². The zero-order chi connectivity index (χ0) is 19.6. The van der Waals surface area contributed by atoms with Gasteiger partial charge in [-0.05, 0) is 40.5 Å². The summed E-state index contributed by atoms with van der Waals surface area (Å²) in [5, 5.41) is 18.7. The summed E-state index contributed by atoms with van der Waals surface area (Å²) in [4.78, 5) is 23.0. The van der Waals surface area contributed by atoms with E-state index in [0.29, 0.717) is 27.4 Å². The normalized spacial score (nSPS) is 10.6. The number of hydrogen-bond donors (Lipinski definition) is 1. The zero-order valence-electron chi connectivity index (χ0n) is 14.1. The first-order valence-electron chi connectivity index (χ1n) is 7.88. The van der Waals surface area contributed by atoms with Crippen molar-refractivity contribution in [2.45, 2.75) is 13.5 Å². The Morgan fingerprint density at radius 3 is 2.78 bits per heavy atom. The van der Waals surface area contributed by atoms with Crippen molar-refractivity contribution in [1.82, 2.24) is 9.78 Å². The van der Waals surface area contributed by atoms with Crippen LogP contribution < -0.4 is 5.32 Å². The monoisotopic (exact) mass is 448 g/mol. The van der Waals surface area contributed by atoms with Crippen LogP contribution in [-0.2, 0) is 6.54 Å². The highest BCUT2D eigenvalue weighted by Gasteiger charge is 2.17. The van der Waals surface area contributed by atoms with E-state index in [9.17, 15) is 14.9 Å². The summed E-state index contributed by atoms with van der Waals surface area (Å²) in [6.07, 6.45) is 1.72. The molecule has 0 fully saturated rings. The molecule has 0 radical (unpaired) electrons. The molecule has 1 heterocycles. The molecule has 0 bridgehead atoms. The molecule has 1 N–H and O–H groups in total. The molecule has 9 heteroatoms. The maximum absolute atomic E-state index is 12.4. The molecule has 0 saturated carbocycles. The fourth-order valence-corrected chi connectivity index (χ4v) is 3.10. The topological polar surface area (TPSA) is 90.1 Å². The molecule has 0 aliphatic heterocycles. The van der Waals surface area contributed by atoms with Crippen LogP contribution in [0.4, 0.5) is 11.5 Å². The molecule has 3 aromatic rings. The van der Waals surface area contributed by atoms with Crippen LogP contribution in [0.3, 0.4) is 0 Å². The highest BCUT2D eigenvalue weighted by molar-refractivity contribution is 9.10. The van der Waals surface area contributed by atoms with Crippen LogP contribution in [0.5, 0.6) is 0 Å². The van der Waals surface area contributed by atoms with E-state index >= 15 is 0 Å². The van der Waals surface area contributed by atoms with Gasteiger partial charge in [-0.25, -0.2) is 0 Å². The van der Waals surface area contributed by atoms with Crippen molar-refractivity contribution >= 4 is 44.9 Å². The molecule has 0 spiro atoms. The van der Waals surface area contributed by atoms with Crippen LogP contribution in [0.25, 0.3) is 0 Å². The second-order valence-electron chi connectivity index (χ2n) is 5.83. The summed E-state index contributed by atoms with van der Waals surface area (Å²) in [6.45, 7) is 2.05. The van der Waals surface area contributed by atoms with E-state index in [0.717, 1.165) is 5.56 Å². The predicted octanol–water partition coefficient (Wildman–Crippen LogP) is 4.82. The molecule has 2 aromatic carbocycles. The largest absolute Gasteiger partial charge is 0.304 e. The molecule has 0 aliphatic carbocycles. The lowest BCUT2D eigenvalue weighted by Gasteiger charge is -2.05. The minimum atomic E-state index is -0.514. The van der Waals surface area contributed by atoms with E-state index in [4.69, 9.17) is 11.6 Å². The van der Waals surface area contributed by atoms with Gasteiger partial charge in [0.05, 0.1) is 15.9 Å². The van der Waals surface area contributed by atoms with Crippen molar-refractivity contribution < 1.29 is 9.72 Å². The van der Waals surface area contributed by atoms with Crippen LogP contribution in [0.15, 0.2) is 53.1 Å². The van der Waals surface area contributed by atoms with E-state index in [2.05, 4.69) is 26.3 Å². The van der Waals surface area contributed by atoms with E-state index in [1.807, 2.05) is 18.2 Å². The average Bonchev–Trinajstić information content (AvgIpc) is 2.96. The number of nitro groups is 1. The molecule has 1 amide bonds. The number of halogens is 2. The maximum Gasteiger partial charge on any atom is 0.273 e. The molecule has 138 valence electrons. The number of carbonyl (C=O) groups is 1. The standard InChI is InChI=1S/C18H14BrClN4O3/c1-11-6-7-12(8-16(11)24(26)27)18(25)21-17-14(19)10-23(22-17)9-13-4-2-3-5-15(13)20/h2-8,10H,9H2,1H3,(H,21,22,25). The summed E-state index contributed by atoms with van der Waals surface area (Å²) in [6, 6.07) is 11.7. The number of anilines is 1. The van der Waals surface area contributed by atoms with Gasteiger partial charge in [-0.15, -0.1) is 0 Å². The van der Waals surface area contributed by atoms with E-state index in [-0.39, 0.29) is 11.3 Å². The summed E-state index contributed by atoms with van der Waals surface area (Å²) < 4.78 is 2.22. The zero-order valence-corrected chi connectivity index (χ0v) is 16.5. The number of carbonyl (C=O) groups excluding carboxylic acids is 1. The molecule has 1 aromatic heterocycles. The van der Waals surface area contributed by atoms with Gasteiger partial charge in [0, 0.05) is 28.4 Å². The average molecular weight is 450 g/mol. The summed E-state index contributed by atoms with van der Waals surface area (Å²) in [7, 11) is 0. The molecule has 27 heavy (non-hydrogen) atoms. The Morgan fingerprint density at radius 1 is 1.33 bits per heavy atom. The number of amides is 1. The number of benzene rings is 2. The number of aryl methyl sites for hydroxylation is 1. The Bertz CT molecular complexity index is 1040. The van der Waals surface area contributed by atoms with Gasteiger partial charge < -0.3 is 5.32 Å². The van der Waals surface area contributed by atoms with Crippen LogP contribution in [0.1, 0.15) is 21.5 Å². The predicted molar refractivity (Wildman–Crippen MR) is 106 cm³/mol. The quantitative estimate of drug-likeness (QED) is 0.447. The molecule has 3 rings (SSSR count). The summed E-state index contributed by atoms with van der Waals surface area (Å²) in [5.74, 6) is -0.169. The van der Waals surface area contributed by atoms with Crippen molar-refractivity contribution in [2.24, 2.45) is 0 Å². The molecule has 0 saturated heterocycles. The lowest BCUT2D eigenvalue weighted by molar-refractivity contribution is -0.385. The van der Waals surface area contributed by atoms with Gasteiger partial charge in [-0.3, -0.25) is 19.6 Å². The number of nitro benzene ring substituents is 1. The minimum Gasteiger partial charge on any atom is -0.304 e. The molecule has 0 atom stereocenters. The van der Waals surface area contributed by atoms with Crippen LogP contribution in [0, 0.1) is 17.0 Å². The summed E-state index contributed by atoms with van der Waals surface area (Å²) >= 11 is 9.52. The van der Waals surface area contributed by atoms with Crippen molar-refractivity contribution in [3.63, 3.8) is 0 Å². The van der Waals surface area contributed by atoms with Crippen LogP contribution in [-0.4, -0.2) is 20.6 Å². The first-order valence-corrected chi connectivity index (χ1v) is 9.05. The number of aromatic nitrogens is 2. The van der Waals surface area contributed by atoms with Gasteiger partial charge in [0.25, 0.3) is 11.6 Å². The Hall–Kier alpha value is -2.71. The molecular weight excluding hydrogens is 436 g/mol. The Balaban J connectivity index is 1.79. The fourth-order valence-electron chi connectivity index (χ4n) is 2.49. The third-order valence-corrected chi connectivity index (χ3v) is 4.86. The highest BCUT2D eigenvalue weighted by atomic mass is 79.9. The van der Waals surface area contributed by atoms with Crippen molar-refractivity contribution in [3.8, 4) is 0 Å². The van der Waals surface area contributed by atoms with Crippen LogP contribution in [0.2, 0.25) is 5.02 Å². The first kappa shape index (κ1) is 19.1. The van der Waals surface area contributed by atoms with E-state index in [1.165, 1.54) is 18.2 Å². The third kappa shape index (κ3) is 4.35. The third-order valence-electron chi connectivity index (χ3n) is 3.91. The number of nitrogens with zero attached hydrogens (tertiary/aromatic N) is 3. The Morgan fingerprint density at radius 2 is 2.07 bits per heavy atom. The van der Waals surface area contributed by atoms with Gasteiger partial charge in [-0.2, -0.15) is 5.10 Å². The van der Waals surface area contributed by atoms with Gasteiger partial charge in [0.2, 0.25) is 0 Å². The van der Waals surface area contributed by atoms with Gasteiger partial charge in [0.1, 0.15) is 0 Å². The van der Waals surface area contributed by atoms with Gasteiger partial charge in [-0.1, -0.05) is 35.9 Å². The van der Waals surface area contributed by atoms with Gasteiger partial charge >= 0.3 is 0 Å².